The minimum atomic E-state index is -4.57. The van der Waals surface area contributed by atoms with Gasteiger partial charge in [-0.2, -0.15) is 18.3 Å². The first kappa shape index (κ1) is 24.3. The van der Waals surface area contributed by atoms with Crippen LogP contribution in [0.1, 0.15) is 12.6 Å². The molecule has 13 heteroatoms. The Labute approximate surface area is 198 Å². The van der Waals surface area contributed by atoms with Crippen molar-refractivity contribution in [2.75, 3.05) is 15.8 Å². The van der Waals surface area contributed by atoms with Crippen molar-refractivity contribution in [3.8, 4) is 11.1 Å². The largest absolute Gasteiger partial charge is 0.433 e. The Morgan fingerprint density at radius 1 is 1.03 bits per heavy atom. The van der Waals surface area contributed by atoms with E-state index in [1.807, 2.05) is 0 Å². The van der Waals surface area contributed by atoms with E-state index in [1.54, 1.807) is 38.6 Å². The molecule has 3 heterocycles. The van der Waals surface area contributed by atoms with Crippen LogP contribution in [0.5, 0.6) is 0 Å². The maximum Gasteiger partial charge on any atom is 0.433 e. The molecule has 2 N–H and O–H groups in total. The number of nitrogens with one attached hydrogen (secondary N) is 2. The van der Waals surface area contributed by atoms with Crippen LogP contribution in [0.4, 0.5) is 30.2 Å². The molecule has 4 rings (SSSR count). The minimum absolute atomic E-state index is 0.135. The van der Waals surface area contributed by atoms with Crippen molar-refractivity contribution in [1.82, 2.24) is 19.3 Å². The number of fused-ring (bicyclic) bond motifs is 1. The van der Waals surface area contributed by atoms with E-state index in [9.17, 15) is 26.4 Å². The molecule has 0 saturated heterocycles. The molecule has 1 aromatic carbocycles. The molecule has 0 radical (unpaired) electrons. The highest BCUT2D eigenvalue weighted by Gasteiger charge is 2.32. The van der Waals surface area contributed by atoms with Crippen molar-refractivity contribution in [2.45, 2.75) is 13.1 Å². The van der Waals surface area contributed by atoms with E-state index in [0.717, 1.165) is 12.3 Å². The van der Waals surface area contributed by atoms with Crippen molar-refractivity contribution >= 4 is 38.0 Å². The lowest BCUT2D eigenvalue weighted by Gasteiger charge is -2.16. The highest BCUT2D eigenvalue weighted by Crippen LogP contribution is 2.36. The topological polar surface area (TPSA) is 111 Å². The molecule has 9 nitrogen and oxygen atoms in total. The third kappa shape index (κ3) is 4.99. The predicted molar refractivity (Wildman–Crippen MR) is 127 cm³/mol. The fraction of sp³-hybridized carbons (Fsp3) is 0.227. The molecule has 3 aromatic heterocycles. The first-order valence-corrected chi connectivity index (χ1v) is 12.0. The van der Waals surface area contributed by atoms with Gasteiger partial charge in [-0.1, -0.05) is 0 Å². The smallest absolute Gasteiger partial charge is 0.354 e. The first-order valence-electron chi connectivity index (χ1n) is 10.4. The first-order chi connectivity index (χ1) is 16.4. The fourth-order valence-corrected chi connectivity index (χ4v) is 4.16. The molecular weight excluding hydrogens is 485 g/mol. The number of pyridine rings is 2. The fourth-order valence-electron chi connectivity index (χ4n) is 3.53. The number of alkyl halides is 3. The summed E-state index contributed by atoms with van der Waals surface area (Å²) in [6.45, 7) is 1.50. The molecule has 0 aliphatic rings. The van der Waals surface area contributed by atoms with E-state index in [-0.39, 0.29) is 22.7 Å². The monoisotopic (exact) mass is 506 g/mol. The molecule has 0 saturated carbocycles. The quantitative estimate of drug-likeness (QED) is 0.411. The molecule has 4 aromatic rings. The summed E-state index contributed by atoms with van der Waals surface area (Å²) >= 11 is 0. The van der Waals surface area contributed by atoms with Gasteiger partial charge in [-0.25, -0.2) is 13.4 Å². The lowest BCUT2D eigenvalue weighted by Crippen LogP contribution is -2.16. The van der Waals surface area contributed by atoms with Gasteiger partial charge in [-0.15, -0.1) is 0 Å². The average Bonchev–Trinajstić information content (AvgIpc) is 3.19. The van der Waals surface area contributed by atoms with Gasteiger partial charge in [0.25, 0.3) is 5.56 Å². The maximum atomic E-state index is 12.9. The summed E-state index contributed by atoms with van der Waals surface area (Å²) in [5.41, 5.74) is 1.08. The second-order valence-electron chi connectivity index (χ2n) is 7.84. The van der Waals surface area contributed by atoms with E-state index in [2.05, 4.69) is 20.1 Å². The molecule has 0 unspecified atom stereocenters. The zero-order chi connectivity index (χ0) is 25.5. The molecule has 0 bridgehead atoms. The highest BCUT2D eigenvalue weighted by molar-refractivity contribution is 7.92. The molecule has 184 valence electrons. The van der Waals surface area contributed by atoms with Crippen molar-refractivity contribution < 1.29 is 21.6 Å². The van der Waals surface area contributed by atoms with Crippen LogP contribution < -0.4 is 15.6 Å². The van der Waals surface area contributed by atoms with E-state index >= 15 is 0 Å². The zero-order valence-corrected chi connectivity index (χ0v) is 19.7. The Bertz CT molecular complexity index is 1580. The number of halogens is 3. The molecule has 0 aliphatic heterocycles. The Kier molecular flexibility index (Phi) is 6.05. The number of aryl methyl sites for hydroxylation is 2. The number of anilines is 3. The number of hydrogen-bond donors (Lipinski definition) is 2. The van der Waals surface area contributed by atoms with Gasteiger partial charge >= 0.3 is 6.18 Å². The van der Waals surface area contributed by atoms with Crippen molar-refractivity contribution in [3.63, 3.8) is 0 Å². The third-order valence-corrected chi connectivity index (χ3v) is 6.56. The van der Waals surface area contributed by atoms with Crippen LogP contribution in [-0.2, 0) is 30.3 Å². The summed E-state index contributed by atoms with van der Waals surface area (Å²) in [4.78, 5) is 16.1. The van der Waals surface area contributed by atoms with E-state index in [4.69, 9.17) is 0 Å². The number of sulfonamides is 1. The molecule has 35 heavy (non-hydrogen) atoms. The van der Waals surface area contributed by atoms with Gasteiger partial charge in [0, 0.05) is 49.0 Å². The standard InChI is InChI=1S/C22H21F3N6O3S/c1-4-35(33,34)29-13-5-7-18(27-14-6-8-19(26-10-14)22(23,24)25)15(9-13)16-11-30(2)21(32)17-12-31(3)28-20(16)17/h5-12,27,29H,4H2,1-3H3. The summed E-state index contributed by atoms with van der Waals surface area (Å²) in [7, 11) is -0.330. The van der Waals surface area contributed by atoms with Gasteiger partial charge in [-0.3, -0.25) is 14.2 Å². The number of hydrogen-bond acceptors (Lipinski definition) is 6. The van der Waals surface area contributed by atoms with Crippen molar-refractivity contribution in [3.05, 3.63) is 65.0 Å². The van der Waals surface area contributed by atoms with Crippen LogP contribution in [0, 0.1) is 0 Å². The van der Waals surface area contributed by atoms with Gasteiger partial charge in [0.15, 0.2) is 0 Å². The Balaban J connectivity index is 1.88. The molecule has 0 amide bonds. The van der Waals surface area contributed by atoms with Crippen LogP contribution >= 0.6 is 0 Å². The van der Waals surface area contributed by atoms with Gasteiger partial charge in [-0.05, 0) is 37.3 Å². The minimum Gasteiger partial charge on any atom is -0.354 e. The number of nitrogens with zero attached hydrogens (tertiary/aromatic N) is 4. The Morgan fingerprint density at radius 3 is 2.37 bits per heavy atom. The van der Waals surface area contributed by atoms with Crippen LogP contribution in [0.3, 0.4) is 0 Å². The molecule has 0 aliphatic carbocycles. The van der Waals surface area contributed by atoms with E-state index in [0.29, 0.717) is 27.7 Å². The number of rotatable bonds is 6. The van der Waals surface area contributed by atoms with Gasteiger partial charge in [0.2, 0.25) is 10.0 Å². The van der Waals surface area contributed by atoms with Crippen LogP contribution in [0.25, 0.3) is 22.0 Å². The predicted octanol–water partition coefficient (Wildman–Crippen LogP) is 3.86. The molecule has 0 atom stereocenters. The highest BCUT2D eigenvalue weighted by atomic mass is 32.2. The Hall–Kier alpha value is -3.87. The van der Waals surface area contributed by atoms with Crippen molar-refractivity contribution in [1.29, 1.82) is 0 Å². The van der Waals surface area contributed by atoms with Gasteiger partial charge in [0.1, 0.15) is 11.2 Å². The number of aromatic nitrogens is 4. The lowest BCUT2D eigenvalue weighted by atomic mass is 10.0. The zero-order valence-electron chi connectivity index (χ0n) is 18.9. The van der Waals surface area contributed by atoms with Crippen LogP contribution in [0.15, 0.2) is 53.7 Å². The number of benzene rings is 1. The van der Waals surface area contributed by atoms with Gasteiger partial charge in [0.05, 0.1) is 23.0 Å². The average molecular weight is 507 g/mol. The Morgan fingerprint density at radius 2 is 1.74 bits per heavy atom. The second kappa shape index (κ2) is 8.73. The maximum absolute atomic E-state index is 12.9. The summed E-state index contributed by atoms with van der Waals surface area (Å²) in [6, 6.07) is 6.77. The summed E-state index contributed by atoms with van der Waals surface area (Å²) in [6.07, 6.45) is -0.364. The summed E-state index contributed by atoms with van der Waals surface area (Å²) < 4.78 is 68.3. The van der Waals surface area contributed by atoms with Crippen LogP contribution in [-0.4, -0.2) is 33.5 Å². The normalized spacial score (nSPS) is 12.2. The molecule has 0 fully saturated rings. The second-order valence-corrected chi connectivity index (χ2v) is 9.86. The van der Waals surface area contributed by atoms with E-state index in [1.165, 1.54) is 28.3 Å². The van der Waals surface area contributed by atoms with Crippen molar-refractivity contribution in [2.24, 2.45) is 14.1 Å². The molecule has 0 spiro atoms. The SMILES string of the molecule is CCS(=O)(=O)Nc1ccc(Nc2ccc(C(F)(F)F)nc2)c(-c2cn(C)c(=O)c3cn(C)nc23)c1. The summed E-state index contributed by atoms with van der Waals surface area (Å²) in [5, 5.41) is 7.78. The van der Waals surface area contributed by atoms with E-state index < -0.39 is 21.9 Å². The van der Waals surface area contributed by atoms with Gasteiger partial charge < -0.3 is 9.88 Å². The lowest BCUT2D eigenvalue weighted by molar-refractivity contribution is -0.141. The summed E-state index contributed by atoms with van der Waals surface area (Å²) in [5.74, 6) is -0.135. The van der Waals surface area contributed by atoms with Crippen LogP contribution in [0.2, 0.25) is 0 Å². The molecular formula is C22H21F3N6O3S. The third-order valence-electron chi connectivity index (χ3n) is 5.25.